The van der Waals surface area contributed by atoms with Crippen LogP contribution in [0.2, 0.25) is 0 Å². The summed E-state index contributed by atoms with van der Waals surface area (Å²) in [6, 6.07) is 11.4. The second kappa shape index (κ2) is 21.0. The third-order valence-corrected chi connectivity index (χ3v) is 9.72. The van der Waals surface area contributed by atoms with Gasteiger partial charge in [0.25, 0.3) is 0 Å². The molecule has 15 nitrogen and oxygen atoms in total. The first-order valence-corrected chi connectivity index (χ1v) is 18.5. The van der Waals surface area contributed by atoms with Crippen molar-refractivity contribution in [3.63, 3.8) is 0 Å². The van der Waals surface area contributed by atoms with Gasteiger partial charge in [-0.1, -0.05) is 53.1 Å². The highest BCUT2D eigenvalue weighted by Crippen LogP contribution is 2.29. The first kappa shape index (κ1) is 43.3. The Morgan fingerprint density at radius 2 is 0.667 bits per heavy atom. The molecule has 3 aromatic rings. The van der Waals surface area contributed by atoms with Crippen molar-refractivity contribution in [3.8, 4) is 17.2 Å². The van der Waals surface area contributed by atoms with Gasteiger partial charge in [-0.05, 0) is 20.8 Å². The zero-order chi connectivity index (χ0) is 39.4. The molecule has 0 radical (unpaired) electrons. The van der Waals surface area contributed by atoms with Crippen LogP contribution in [0.5, 0.6) is 17.2 Å². The molecule has 15 heteroatoms. The smallest absolute Gasteiger partial charge is 0.128 e. The average molecular weight is 757 g/mol. The van der Waals surface area contributed by atoms with E-state index in [9.17, 15) is 46.0 Å². The van der Waals surface area contributed by atoms with Crippen LogP contribution in [0.3, 0.4) is 0 Å². The number of nitrogens with one attached hydrogen (secondary N) is 3. The van der Waals surface area contributed by atoms with Gasteiger partial charge in [0.1, 0.15) is 35.9 Å². The van der Waals surface area contributed by atoms with Crippen molar-refractivity contribution in [1.82, 2.24) is 30.7 Å². The van der Waals surface area contributed by atoms with E-state index in [4.69, 9.17) is 0 Å². The van der Waals surface area contributed by atoms with Gasteiger partial charge in [-0.25, -0.2) is 0 Å². The lowest BCUT2D eigenvalue weighted by Gasteiger charge is -2.27. The first-order chi connectivity index (χ1) is 25.8. The van der Waals surface area contributed by atoms with E-state index in [2.05, 4.69) is 30.7 Å². The number of nitrogens with zero attached hydrogens (tertiary/aromatic N) is 3. The summed E-state index contributed by atoms with van der Waals surface area (Å²) in [6.45, 7) is 10.3. The molecule has 0 bridgehead atoms. The molecule has 0 amide bonds. The zero-order valence-electron chi connectivity index (χ0n) is 31.7. The monoisotopic (exact) mass is 756 g/mol. The van der Waals surface area contributed by atoms with E-state index in [1.165, 1.54) is 0 Å². The zero-order valence-corrected chi connectivity index (χ0v) is 31.7. The van der Waals surface area contributed by atoms with Crippen LogP contribution in [-0.4, -0.2) is 138 Å². The molecule has 1 fully saturated rings. The highest BCUT2D eigenvalue weighted by atomic mass is 16.3. The predicted octanol–water partition coefficient (Wildman–Crippen LogP) is -0.250. The van der Waals surface area contributed by atoms with Gasteiger partial charge in [0, 0.05) is 112 Å². The number of phenols is 3. The minimum atomic E-state index is -1.11. The number of hydrogen-bond acceptors (Lipinski definition) is 15. The Hall–Kier alpha value is -3.42. The molecule has 300 valence electrons. The molecule has 3 aromatic carbocycles. The van der Waals surface area contributed by atoms with Crippen molar-refractivity contribution < 1.29 is 46.0 Å². The molecule has 4 rings (SSSR count). The van der Waals surface area contributed by atoms with Crippen molar-refractivity contribution in [3.05, 3.63) is 86.5 Å². The summed E-state index contributed by atoms with van der Waals surface area (Å²) in [5.74, 6) is 0.378. The second-order valence-electron chi connectivity index (χ2n) is 14.4. The number of phenolic OH excluding ortho intramolecular Hbond substituents is 3. The Morgan fingerprint density at radius 1 is 0.444 bits per heavy atom. The van der Waals surface area contributed by atoms with Gasteiger partial charge >= 0.3 is 0 Å². The number of aliphatic hydroxyl groups is 6. The summed E-state index contributed by atoms with van der Waals surface area (Å²) in [7, 11) is 0. The van der Waals surface area contributed by atoms with Crippen LogP contribution in [0, 0.1) is 20.8 Å². The van der Waals surface area contributed by atoms with Crippen molar-refractivity contribution in [2.24, 2.45) is 0 Å². The minimum Gasteiger partial charge on any atom is -0.507 e. The molecule has 0 aromatic heterocycles. The van der Waals surface area contributed by atoms with E-state index in [1.807, 2.05) is 57.2 Å². The summed E-state index contributed by atoms with van der Waals surface area (Å²) in [4.78, 5) is 6.80. The molecular formula is C39H60N6O9. The molecule has 1 heterocycles. The average Bonchev–Trinajstić information content (AvgIpc) is 3.23. The standard InChI is InChI=1S/C39H60N6O9/c1-25-10-28(16-40-34(49)22-46)37(52)31(13-25)19-43-4-6-44(20-32-14-26(2)11-29(38(32)53)17-41-35(50)23-47)8-9-45(7-5-43)21-33-15-27(3)12-30(39(33)54)18-42-36(51)24-48/h10-15,34-36,40-42,46-54H,4-9,16-24H2,1-3H3. The van der Waals surface area contributed by atoms with E-state index < -0.39 is 38.5 Å². The number of hydrogen-bond donors (Lipinski definition) is 12. The molecular weight excluding hydrogens is 696 g/mol. The van der Waals surface area contributed by atoms with E-state index in [0.29, 0.717) is 75.6 Å². The quantitative estimate of drug-likeness (QED) is 0.0752. The molecule has 12 N–H and O–H groups in total. The van der Waals surface area contributed by atoms with Gasteiger partial charge in [0.05, 0.1) is 19.8 Å². The van der Waals surface area contributed by atoms with Gasteiger partial charge in [-0.2, -0.15) is 0 Å². The van der Waals surface area contributed by atoms with Crippen molar-refractivity contribution in [1.29, 1.82) is 0 Å². The Balaban J connectivity index is 1.61. The minimum absolute atomic E-state index is 0.126. The number of aryl methyl sites for hydroxylation is 3. The van der Waals surface area contributed by atoms with E-state index in [0.717, 1.165) is 33.4 Å². The van der Waals surface area contributed by atoms with E-state index in [1.54, 1.807) is 0 Å². The molecule has 0 spiro atoms. The Labute approximate surface area is 317 Å². The fourth-order valence-corrected chi connectivity index (χ4v) is 6.83. The Kier molecular flexibility index (Phi) is 16.9. The third kappa shape index (κ3) is 12.8. The summed E-state index contributed by atoms with van der Waals surface area (Å²) < 4.78 is 0. The molecule has 54 heavy (non-hydrogen) atoms. The van der Waals surface area contributed by atoms with E-state index >= 15 is 0 Å². The number of aromatic hydroxyl groups is 3. The fraction of sp³-hybridized carbons (Fsp3) is 0.538. The highest BCUT2D eigenvalue weighted by Gasteiger charge is 2.22. The van der Waals surface area contributed by atoms with Crippen LogP contribution < -0.4 is 16.0 Å². The molecule has 1 aliphatic heterocycles. The lowest BCUT2D eigenvalue weighted by atomic mass is 10.0. The van der Waals surface area contributed by atoms with Gasteiger partial charge in [0.15, 0.2) is 0 Å². The van der Waals surface area contributed by atoms with Gasteiger partial charge in [-0.15, -0.1) is 0 Å². The van der Waals surface area contributed by atoms with Crippen molar-refractivity contribution in [2.45, 2.75) is 78.7 Å². The molecule has 0 saturated carbocycles. The summed E-state index contributed by atoms with van der Waals surface area (Å²) >= 11 is 0. The number of benzene rings is 3. The summed E-state index contributed by atoms with van der Waals surface area (Å²) in [5.41, 5.74) is 6.90. The SMILES string of the molecule is Cc1cc(CNC(O)CO)c(O)c(CN2CCN(Cc3cc(C)cc(CNC(O)CO)c3O)CCN(Cc3cc(C)cc(CNC(O)CO)c3O)CC2)c1. The molecule has 1 aliphatic rings. The van der Waals surface area contributed by atoms with Crippen LogP contribution in [-0.2, 0) is 39.3 Å². The van der Waals surface area contributed by atoms with Crippen molar-refractivity contribution >= 4 is 0 Å². The lowest BCUT2D eigenvalue weighted by Crippen LogP contribution is -2.35. The predicted molar refractivity (Wildman–Crippen MR) is 204 cm³/mol. The lowest BCUT2D eigenvalue weighted by molar-refractivity contribution is 0.0663. The maximum absolute atomic E-state index is 11.3. The van der Waals surface area contributed by atoms with Crippen LogP contribution >= 0.6 is 0 Å². The fourth-order valence-electron chi connectivity index (χ4n) is 6.83. The number of aliphatic hydroxyl groups excluding tert-OH is 6. The summed E-state index contributed by atoms with van der Waals surface area (Å²) in [6.07, 6.45) is -3.32. The molecule has 1 saturated heterocycles. The largest absolute Gasteiger partial charge is 0.507 e. The molecule has 3 atom stereocenters. The topological polar surface area (TPSA) is 228 Å². The van der Waals surface area contributed by atoms with E-state index in [-0.39, 0.29) is 36.9 Å². The maximum atomic E-state index is 11.3. The van der Waals surface area contributed by atoms with Crippen LogP contribution in [0.4, 0.5) is 0 Å². The normalized spacial score (nSPS) is 16.8. The van der Waals surface area contributed by atoms with Crippen LogP contribution in [0.1, 0.15) is 50.1 Å². The highest BCUT2D eigenvalue weighted by molar-refractivity contribution is 5.45. The Bertz CT molecular complexity index is 1450. The maximum Gasteiger partial charge on any atom is 0.128 e. The third-order valence-electron chi connectivity index (χ3n) is 9.72. The summed E-state index contributed by atoms with van der Waals surface area (Å²) in [5, 5.41) is 99.6. The van der Waals surface area contributed by atoms with Crippen LogP contribution in [0.15, 0.2) is 36.4 Å². The Morgan fingerprint density at radius 3 is 0.889 bits per heavy atom. The molecule has 0 aliphatic carbocycles. The van der Waals surface area contributed by atoms with Gasteiger partial charge in [0.2, 0.25) is 0 Å². The van der Waals surface area contributed by atoms with Crippen molar-refractivity contribution in [2.75, 3.05) is 59.1 Å². The van der Waals surface area contributed by atoms with Gasteiger partial charge in [-0.3, -0.25) is 30.7 Å². The second-order valence-corrected chi connectivity index (χ2v) is 14.4. The first-order valence-electron chi connectivity index (χ1n) is 18.5. The van der Waals surface area contributed by atoms with Gasteiger partial charge < -0.3 is 46.0 Å². The van der Waals surface area contributed by atoms with Crippen LogP contribution in [0.25, 0.3) is 0 Å². The number of rotatable bonds is 18. The molecule has 3 unspecified atom stereocenters.